The number of carbonyl (C=O) groups excluding carboxylic acids is 1. The largest absolute Gasteiger partial charge is 0.388 e. The molecule has 5 nitrogen and oxygen atoms in total. The van der Waals surface area contributed by atoms with Crippen LogP contribution >= 0.6 is 0 Å². The van der Waals surface area contributed by atoms with Gasteiger partial charge in [-0.25, -0.2) is 4.79 Å². The van der Waals surface area contributed by atoms with Gasteiger partial charge in [-0.2, -0.15) is 0 Å². The van der Waals surface area contributed by atoms with E-state index < -0.39 is 5.60 Å². The van der Waals surface area contributed by atoms with Crippen LogP contribution < -0.4 is 10.6 Å². The van der Waals surface area contributed by atoms with Crippen molar-refractivity contribution in [3.8, 4) is 0 Å². The SMILES string of the molecule is CCC(O)(CC)CNC(=O)NCCC1CCN(C)CC1. The molecule has 0 atom stereocenters. The summed E-state index contributed by atoms with van der Waals surface area (Å²) in [6.45, 7) is 7.23. The molecule has 0 unspecified atom stereocenters. The van der Waals surface area contributed by atoms with Gasteiger partial charge in [0.25, 0.3) is 0 Å². The van der Waals surface area contributed by atoms with Crippen molar-refractivity contribution >= 4 is 6.03 Å². The van der Waals surface area contributed by atoms with E-state index in [9.17, 15) is 9.90 Å². The van der Waals surface area contributed by atoms with Gasteiger partial charge in [0.15, 0.2) is 0 Å². The normalized spacial score (nSPS) is 18.0. The second-order valence-corrected chi connectivity index (χ2v) is 6.08. The summed E-state index contributed by atoms with van der Waals surface area (Å²) in [7, 11) is 2.16. The zero-order valence-electron chi connectivity index (χ0n) is 13.2. The maximum absolute atomic E-state index is 11.7. The standard InChI is InChI=1S/C15H31N3O2/c1-4-15(20,5-2)12-17-14(19)16-9-6-13-7-10-18(3)11-8-13/h13,20H,4-12H2,1-3H3,(H2,16,17,19). The number of urea groups is 1. The predicted molar refractivity (Wildman–Crippen MR) is 81.8 cm³/mol. The summed E-state index contributed by atoms with van der Waals surface area (Å²) in [6.07, 6.45) is 4.81. The molecule has 0 aromatic carbocycles. The molecule has 1 saturated heterocycles. The van der Waals surface area contributed by atoms with Crippen molar-refractivity contribution in [3.63, 3.8) is 0 Å². The maximum atomic E-state index is 11.7. The number of nitrogens with one attached hydrogen (secondary N) is 2. The van der Waals surface area contributed by atoms with Gasteiger partial charge in [-0.3, -0.25) is 0 Å². The number of hydrogen-bond acceptors (Lipinski definition) is 3. The van der Waals surface area contributed by atoms with E-state index in [0.29, 0.717) is 19.4 Å². The average Bonchev–Trinajstić information content (AvgIpc) is 2.47. The first-order chi connectivity index (χ1) is 9.49. The highest BCUT2D eigenvalue weighted by molar-refractivity contribution is 5.73. The third-order valence-corrected chi connectivity index (χ3v) is 4.57. The van der Waals surface area contributed by atoms with E-state index >= 15 is 0 Å². The Hall–Kier alpha value is -0.810. The lowest BCUT2D eigenvalue weighted by Gasteiger charge is -2.29. The van der Waals surface area contributed by atoms with Crippen molar-refractivity contribution in [1.82, 2.24) is 15.5 Å². The van der Waals surface area contributed by atoms with Gasteiger partial charge in [0.2, 0.25) is 0 Å². The maximum Gasteiger partial charge on any atom is 0.314 e. The van der Waals surface area contributed by atoms with Crippen LogP contribution in [0.25, 0.3) is 0 Å². The fraction of sp³-hybridized carbons (Fsp3) is 0.933. The van der Waals surface area contributed by atoms with Crippen molar-refractivity contribution in [2.45, 2.75) is 51.6 Å². The third-order valence-electron chi connectivity index (χ3n) is 4.57. The monoisotopic (exact) mass is 285 g/mol. The molecule has 2 amide bonds. The van der Waals surface area contributed by atoms with E-state index in [1.807, 2.05) is 13.8 Å². The van der Waals surface area contributed by atoms with Gasteiger partial charge in [-0.1, -0.05) is 13.8 Å². The third kappa shape index (κ3) is 6.09. The molecule has 1 aliphatic rings. The second kappa shape index (κ2) is 8.47. The molecule has 0 aliphatic carbocycles. The summed E-state index contributed by atoms with van der Waals surface area (Å²) < 4.78 is 0. The van der Waals surface area contributed by atoms with E-state index in [-0.39, 0.29) is 6.03 Å². The number of hydrogen-bond donors (Lipinski definition) is 3. The molecule has 0 aromatic rings. The van der Waals surface area contributed by atoms with Crippen LogP contribution in [0.15, 0.2) is 0 Å². The summed E-state index contributed by atoms with van der Waals surface area (Å²) in [5.74, 6) is 0.731. The Morgan fingerprint density at radius 2 is 1.85 bits per heavy atom. The minimum absolute atomic E-state index is 0.168. The van der Waals surface area contributed by atoms with Gasteiger partial charge >= 0.3 is 6.03 Å². The Morgan fingerprint density at radius 3 is 2.40 bits per heavy atom. The molecule has 0 radical (unpaired) electrons. The summed E-state index contributed by atoms with van der Waals surface area (Å²) in [4.78, 5) is 14.0. The highest BCUT2D eigenvalue weighted by Crippen LogP contribution is 2.18. The highest BCUT2D eigenvalue weighted by Gasteiger charge is 2.22. The van der Waals surface area contributed by atoms with Crippen molar-refractivity contribution in [2.24, 2.45) is 5.92 Å². The number of aliphatic hydroxyl groups is 1. The molecular formula is C15H31N3O2. The summed E-state index contributed by atoms with van der Waals surface area (Å²) in [5, 5.41) is 15.7. The van der Waals surface area contributed by atoms with Gasteiger partial charge < -0.3 is 20.6 Å². The zero-order valence-corrected chi connectivity index (χ0v) is 13.2. The molecule has 1 fully saturated rings. The quantitative estimate of drug-likeness (QED) is 0.665. The van der Waals surface area contributed by atoms with Crippen molar-refractivity contribution < 1.29 is 9.90 Å². The Labute approximate surface area is 123 Å². The molecule has 1 aliphatic heterocycles. The molecule has 0 saturated carbocycles. The molecule has 20 heavy (non-hydrogen) atoms. The van der Waals surface area contributed by atoms with Crippen LogP contribution in [0.1, 0.15) is 46.0 Å². The highest BCUT2D eigenvalue weighted by atomic mass is 16.3. The van der Waals surface area contributed by atoms with Crippen molar-refractivity contribution in [3.05, 3.63) is 0 Å². The molecule has 118 valence electrons. The lowest BCUT2D eigenvalue weighted by atomic mass is 9.94. The van der Waals surface area contributed by atoms with Gasteiger partial charge in [-0.15, -0.1) is 0 Å². The number of carbonyl (C=O) groups is 1. The lowest BCUT2D eigenvalue weighted by Crippen LogP contribution is -2.46. The van der Waals surface area contributed by atoms with E-state index in [0.717, 1.165) is 32.0 Å². The van der Waals surface area contributed by atoms with Crippen LogP contribution in [-0.2, 0) is 0 Å². The molecule has 1 heterocycles. The lowest BCUT2D eigenvalue weighted by molar-refractivity contribution is 0.0349. The van der Waals surface area contributed by atoms with Crippen molar-refractivity contribution in [1.29, 1.82) is 0 Å². The first-order valence-corrected chi connectivity index (χ1v) is 7.91. The molecular weight excluding hydrogens is 254 g/mol. The number of piperidine rings is 1. The van der Waals surface area contributed by atoms with E-state index in [1.54, 1.807) is 0 Å². The van der Waals surface area contributed by atoms with Gasteiger partial charge in [-0.05, 0) is 58.2 Å². The number of amides is 2. The molecule has 3 N–H and O–H groups in total. The molecule has 0 bridgehead atoms. The topological polar surface area (TPSA) is 64.6 Å². The Balaban J connectivity index is 2.11. The van der Waals surface area contributed by atoms with Crippen LogP contribution in [0.5, 0.6) is 0 Å². The molecule has 5 heteroatoms. The van der Waals surface area contributed by atoms with Crippen LogP contribution in [0.4, 0.5) is 4.79 Å². The van der Waals surface area contributed by atoms with E-state index in [2.05, 4.69) is 22.6 Å². The van der Waals surface area contributed by atoms with Gasteiger partial charge in [0.1, 0.15) is 0 Å². The molecule has 0 spiro atoms. The fourth-order valence-electron chi connectivity index (χ4n) is 2.55. The molecule has 0 aromatic heterocycles. The number of nitrogens with zero attached hydrogens (tertiary/aromatic N) is 1. The van der Waals surface area contributed by atoms with Gasteiger partial charge in [0.05, 0.1) is 5.60 Å². The smallest absolute Gasteiger partial charge is 0.314 e. The minimum atomic E-state index is -0.773. The van der Waals surface area contributed by atoms with Crippen LogP contribution in [-0.4, -0.2) is 54.9 Å². The molecule has 1 rings (SSSR count). The second-order valence-electron chi connectivity index (χ2n) is 6.08. The van der Waals surface area contributed by atoms with Crippen LogP contribution in [0, 0.1) is 5.92 Å². The Morgan fingerprint density at radius 1 is 1.25 bits per heavy atom. The Kier molecular flexibility index (Phi) is 7.30. The van der Waals surface area contributed by atoms with Crippen LogP contribution in [0.2, 0.25) is 0 Å². The first kappa shape index (κ1) is 17.2. The van der Waals surface area contributed by atoms with E-state index in [4.69, 9.17) is 0 Å². The first-order valence-electron chi connectivity index (χ1n) is 7.91. The van der Waals surface area contributed by atoms with Crippen LogP contribution in [0.3, 0.4) is 0 Å². The zero-order chi connectivity index (χ0) is 15.0. The summed E-state index contributed by atoms with van der Waals surface area (Å²) in [5.41, 5.74) is -0.773. The fourth-order valence-corrected chi connectivity index (χ4v) is 2.55. The summed E-state index contributed by atoms with van der Waals surface area (Å²) in [6, 6.07) is -0.168. The Bertz CT molecular complexity index is 285. The number of likely N-dealkylation sites (tertiary alicyclic amines) is 1. The minimum Gasteiger partial charge on any atom is -0.388 e. The number of rotatable bonds is 7. The van der Waals surface area contributed by atoms with Gasteiger partial charge in [0, 0.05) is 13.1 Å². The van der Waals surface area contributed by atoms with E-state index in [1.165, 1.54) is 12.8 Å². The predicted octanol–water partition coefficient (Wildman–Crippen LogP) is 1.57. The average molecular weight is 285 g/mol. The van der Waals surface area contributed by atoms with Crippen molar-refractivity contribution in [2.75, 3.05) is 33.2 Å². The summed E-state index contributed by atoms with van der Waals surface area (Å²) >= 11 is 0.